The summed E-state index contributed by atoms with van der Waals surface area (Å²) in [7, 11) is 0. The fourth-order valence-corrected chi connectivity index (χ4v) is 5.51. The molecule has 3 aromatic carbocycles. The Balaban J connectivity index is 1.34. The number of hydrogen-bond acceptors (Lipinski definition) is 9. The van der Waals surface area contributed by atoms with Crippen LogP contribution in [0.3, 0.4) is 0 Å². The van der Waals surface area contributed by atoms with E-state index < -0.39 is 11.7 Å². The number of ether oxygens (including phenoxy) is 2. The van der Waals surface area contributed by atoms with E-state index in [0.29, 0.717) is 91.6 Å². The topological polar surface area (TPSA) is 104 Å². The van der Waals surface area contributed by atoms with Gasteiger partial charge in [0.05, 0.1) is 66.1 Å². The highest BCUT2D eigenvalue weighted by molar-refractivity contribution is 6.33. The molecule has 0 spiro atoms. The number of carbonyl (C=O) groups excluding carboxylic acids is 1. The number of anilines is 7. The predicted molar refractivity (Wildman–Crippen MR) is 177 cm³/mol. The van der Waals surface area contributed by atoms with Crippen LogP contribution in [0.15, 0.2) is 73.4 Å². The summed E-state index contributed by atoms with van der Waals surface area (Å²) in [6.07, 6.45) is 2.61. The first-order valence-electron chi connectivity index (χ1n) is 14.8. The molecule has 13 heteroatoms. The Kier molecular flexibility index (Phi) is 9.57. The second-order valence-electron chi connectivity index (χ2n) is 10.6. The van der Waals surface area contributed by atoms with Crippen LogP contribution in [0, 0.1) is 11.6 Å². The minimum Gasteiger partial charge on any atom is -0.378 e. The van der Waals surface area contributed by atoms with Gasteiger partial charge in [0.2, 0.25) is 11.9 Å². The van der Waals surface area contributed by atoms with E-state index in [1.807, 2.05) is 17.0 Å². The third kappa shape index (κ3) is 7.20. The lowest BCUT2D eigenvalue weighted by Gasteiger charge is -2.30. The van der Waals surface area contributed by atoms with Crippen LogP contribution >= 0.6 is 11.6 Å². The molecule has 2 fully saturated rings. The average molecular weight is 648 g/mol. The molecule has 4 aromatic rings. The van der Waals surface area contributed by atoms with E-state index in [-0.39, 0.29) is 17.5 Å². The van der Waals surface area contributed by atoms with Crippen LogP contribution in [-0.2, 0) is 14.3 Å². The molecule has 0 atom stereocenters. The van der Waals surface area contributed by atoms with Gasteiger partial charge in [-0.25, -0.2) is 18.7 Å². The molecule has 0 bridgehead atoms. The van der Waals surface area contributed by atoms with E-state index in [9.17, 15) is 9.18 Å². The lowest BCUT2D eigenvalue weighted by atomic mass is 10.1. The summed E-state index contributed by atoms with van der Waals surface area (Å²) in [5.74, 6) is -1.32. The van der Waals surface area contributed by atoms with E-state index in [1.165, 1.54) is 24.3 Å². The zero-order chi connectivity index (χ0) is 32.0. The van der Waals surface area contributed by atoms with Gasteiger partial charge in [0.25, 0.3) is 0 Å². The molecule has 0 aliphatic carbocycles. The SMILES string of the molecule is C=CC(=O)Nc1cc(-c2nc(Nc3ccc(Cl)c(N4CCOCC4)c3)ncc2Nc2ccc(N3CCOCC3)c(F)c2)ccc1F. The van der Waals surface area contributed by atoms with Gasteiger partial charge < -0.3 is 35.2 Å². The Hall–Kier alpha value is -4.78. The number of hydrogen-bond donors (Lipinski definition) is 3. The van der Waals surface area contributed by atoms with Gasteiger partial charge in [-0.2, -0.15) is 0 Å². The number of aromatic nitrogens is 2. The van der Waals surface area contributed by atoms with E-state index in [4.69, 9.17) is 26.1 Å². The normalized spacial score (nSPS) is 14.9. The number of amides is 1. The van der Waals surface area contributed by atoms with Crippen LogP contribution in [0.5, 0.6) is 0 Å². The third-order valence-electron chi connectivity index (χ3n) is 7.60. The molecule has 10 nitrogen and oxygen atoms in total. The molecule has 46 heavy (non-hydrogen) atoms. The summed E-state index contributed by atoms with van der Waals surface area (Å²) in [5.41, 5.74) is 3.77. The van der Waals surface area contributed by atoms with Crippen LogP contribution in [0.2, 0.25) is 5.02 Å². The number of nitrogens with zero attached hydrogens (tertiary/aromatic N) is 4. The van der Waals surface area contributed by atoms with Gasteiger partial charge in [0.1, 0.15) is 11.6 Å². The zero-order valence-corrected chi connectivity index (χ0v) is 25.6. The number of halogens is 3. The van der Waals surface area contributed by atoms with Crippen molar-refractivity contribution in [1.82, 2.24) is 9.97 Å². The maximum Gasteiger partial charge on any atom is 0.247 e. The third-order valence-corrected chi connectivity index (χ3v) is 7.92. The Morgan fingerprint density at radius 2 is 1.50 bits per heavy atom. The van der Waals surface area contributed by atoms with Crippen molar-refractivity contribution in [2.24, 2.45) is 0 Å². The average Bonchev–Trinajstić information content (AvgIpc) is 3.08. The standard InChI is InChI=1S/C33H32ClF2N7O3/c1-2-31(44)40-27-17-21(3-7-25(27)35)32-28(38-22-5-8-29(26(36)18-22)42-9-13-45-14-10-42)20-37-33(41-32)39-23-4-6-24(34)30(19-23)43-11-15-46-16-12-43/h2-8,17-20,38H,1,9-16H2,(H,40,44)(H,37,39,41). The van der Waals surface area contributed by atoms with Crippen LogP contribution in [0.4, 0.5) is 48.9 Å². The monoisotopic (exact) mass is 647 g/mol. The van der Waals surface area contributed by atoms with Gasteiger partial charge in [-0.3, -0.25) is 4.79 Å². The van der Waals surface area contributed by atoms with Crippen LogP contribution in [0.1, 0.15) is 0 Å². The molecule has 1 amide bonds. The number of morpholine rings is 2. The lowest BCUT2D eigenvalue weighted by Crippen LogP contribution is -2.36. The van der Waals surface area contributed by atoms with Gasteiger partial charge in [-0.15, -0.1) is 0 Å². The van der Waals surface area contributed by atoms with Crippen molar-refractivity contribution in [2.45, 2.75) is 0 Å². The van der Waals surface area contributed by atoms with Crippen molar-refractivity contribution in [3.05, 3.63) is 90.1 Å². The van der Waals surface area contributed by atoms with E-state index in [2.05, 4.69) is 32.4 Å². The largest absolute Gasteiger partial charge is 0.378 e. The van der Waals surface area contributed by atoms with Crippen molar-refractivity contribution in [1.29, 1.82) is 0 Å². The Morgan fingerprint density at radius 1 is 0.826 bits per heavy atom. The smallest absolute Gasteiger partial charge is 0.247 e. The second kappa shape index (κ2) is 14.1. The molecule has 0 unspecified atom stereocenters. The number of benzene rings is 3. The van der Waals surface area contributed by atoms with Crippen molar-refractivity contribution in [3.63, 3.8) is 0 Å². The summed E-state index contributed by atoms with van der Waals surface area (Å²) in [4.78, 5) is 25.3. The molecule has 6 rings (SSSR count). The van der Waals surface area contributed by atoms with Crippen LogP contribution < -0.4 is 25.8 Å². The van der Waals surface area contributed by atoms with E-state index in [1.54, 1.807) is 24.4 Å². The fraction of sp³-hybridized carbons (Fsp3) is 0.242. The second-order valence-corrected chi connectivity index (χ2v) is 11.0. The summed E-state index contributed by atoms with van der Waals surface area (Å²) >= 11 is 6.52. The molecule has 3 N–H and O–H groups in total. The molecule has 0 radical (unpaired) electrons. The summed E-state index contributed by atoms with van der Waals surface area (Å²) in [6, 6.07) is 14.7. The molecule has 2 saturated heterocycles. The van der Waals surface area contributed by atoms with Gasteiger partial charge in [-0.05, 0) is 60.7 Å². The summed E-state index contributed by atoms with van der Waals surface area (Å²) in [5, 5.41) is 9.53. The minimum atomic E-state index is -0.626. The minimum absolute atomic E-state index is 0.0461. The first kappa shape index (κ1) is 31.2. The maximum absolute atomic E-state index is 15.2. The molecule has 3 heterocycles. The number of nitrogens with one attached hydrogen (secondary N) is 3. The molecule has 0 saturated carbocycles. The Bertz CT molecular complexity index is 1750. The molecule has 238 valence electrons. The highest BCUT2D eigenvalue weighted by atomic mass is 35.5. The first-order chi connectivity index (χ1) is 22.4. The summed E-state index contributed by atoms with van der Waals surface area (Å²) in [6.45, 7) is 8.38. The predicted octanol–water partition coefficient (Wildman–Crippen LogP) is 6.36. The Labute approximate surface area is 270 Å². The van der Waals surface area contributed by atoms with Crippen LogP contribution in [-0.4, -0.2) is 68.5 Å². The van der Waals surface area contributed by atoms with Gasteiger partial charge in [-0.1, -0.05) is 18.2 Å². The van der Waals surface area contributed by atoms with Crippen molar-refractivity contribution >= 4 is 57.6 Å². The quantitative estimate of drug-likeness (QED) is 0.179. The van der Waals surface area contributed by atoms with Gasteiger partial charge >= 0.3 is 0 Å². The first-order valence-corrected chi connectivity index (χ1v) is 15.1. The van der Waals surface area contributed by atoms with Crippen LogP contribution in [0.25, 0.3) is 11.3 Å². The number of carbonyl (C=O) groups is 1. The van der Waals surface area contributed by atoms with Crippen molar-refractivity contribution in [3.8, 4) is 11.3 Å². The molecular formula is C33H32ClF2N7O3. The highest BCUT2D eigenvalue weighted by Gasteiger charge is 2.19. The Morgan fingerprint density at radius 3 is 2.20 bits per heavy atom. The van der Waals surface area contributed by atoms with E-state index in [0.717, 1.165) is 11.8 Å². The summed E-state index contributed by atoms with van der Waals surface area (Å²) < 4.78 is 40.8. The molecular weight excluding hydrogens is 616 g/mol. The molecule has 2 aliphatic rings. The van der Waals surface area contributed by atoms with Crippen molar-refractivity contribution < 1.29 is 23.0 Å². The molecule has 2 aliphatic heterocycles. The lowest BCUT2D eigenvalue weighted by molar-refractivity contribution is -0.111. The zero-order valence-electron chi connectivity index (χ0n) is 24.9. The van der Waals surface area contributed by atoms with E-state index >= 15 is 4.39 Å². The fourth-order valence-electron chi connectivity index (χ4n) is 5.27. The van der Waals surface area contributed by atoms with Gasteiger partial charge in [0.15, 0.2) is 0 Å². The van der Waals surface area contributed by atoms with Gasteiger partial charge in [0, 0.05) is 43.1 Å². The molecule has 1 aromatic heterocycles. The maximum atomic E-state index is 15.2. The highest BCUT2D eigenvalue weighted by Crippen LogP contribution is 2.35. The van der Waals surface area contributed by atoms with Crippen molar-refractivity contribution in [2.75, 3.05) is 78.4 Å². The number of rotatable bonds is 9.